The Bertz CT molecular complexity index is 1370. The number of aryl methyl sites for hydroxylation is 6. The summed E-state index contributed by atoms with van der Waals surface area (Å²) in [5, 5.41) is 4.45. The third kappa shape index (κ3) is 6.31. The summed E-state index contributed by atoms with van der Waals surface area (Å²) in [6, 6.07) is 32.6. The number of rotatable bonds is 5. The van der Waals surface area contributed by atoms with Gasteiger partial charge in [0.25, 0.3) is 0 Å². The first-order valence-corrected chi connectivity index (χ1v) is 15.9. The second-order valence-corrected chi connectivity index (χ2v) is 17.2. The fourth-order valence-corrected chi connectivity index (χ4v) is 14.6. The van der Waals surface area contributed by atoms with Crippen molar-refractivity contribution < 1.29 is 57.7 Å². The van der Waals surface area contributed by atoms with E-state index in [0.717, 1.165) is 0 Å². The monoisotopic (exact) mass is 636 g/mol. The Morgan fingerprint density at radius 1 is 0.525 bits per heavy atom. The summed E-state index contributed by atoms with van der Waals surface area (Å²) in [6.07, 6.45) is 7.45. The molecule has 0 aliphatic heterocycles. The van der Waals surface area contributed by atoms with Gasteiger partial charge in [-0.15, -0.1) is 0 Å². The van der Waals surface area contributed by atoms with Gasteiger partial charge >= 0.3 is 237 Å². The van der Waals surface area contributed by atoms with Crippen LogP contribution in [0.4, 0.5) is 0 Å². The normalized spacial score (nSPS) is 15.9. The van der Waals surface area contributed by atoms with Gasteiger partial charge in [0.15, 0.2) is 0 Å². The van der Waals surface area contributed by atoms with Crippen LogP contribution in [0.25, 0.3) is 5.57 Å². The molecule has 0 amide bonds. The fraction of sp³-hybridized carbons (Fsp3) is 0.200. The van der Waals surface area contributed by atoms with Crippen LogP contribution in [-0.2, 0) is 20.4 Å². The molecule has 0 saturated heterocycles. The largest absolute Gasteiger partial charge is 1.00 e. The molecule has 4 aromatic carbocycles. The molecule has 0 saturated carbocycles. The number of allylic oxidation sites excluding steroid dienone is 4. The molecule has 0 N–H and O–H groups in total. The van der Waals surface area contributed by atoms with Crippen molar-refractivity contribution in [1.29, 1.82) is 0 Å². The molecule has 5 heteroatoms. The van der Waals surface area contributed by atoms with Crippen molar-refractivity contribution in [3.8, 4) is 0 Å². The van der Waals surface area contributed by atoms with Gasteiger partial charge in [0.05, 0.1) is 0 Å². The van der Waals surface area contributed by atoms with Crippen LogP contribution in [0.5, 0.6) is 0 Å². The van der Waals surface area contributed by atoms with Crippen molar-refractivity contribution in [2.75, 3.05) is 0 Å². The Morgan fingerprint density at radius 2 is 0.875 bits per heavy atom. The van der Waals surface area contributed by atoms with E-state index in [1.54, 1.807) is 0 Å². The second-order valence-electron chi connectivity index (χ2n) is 11.0. The molecule has 0 nitrogen and oxygen atoms in total. The van der Waals surface area contributed by atoms with E-state index < -0.39 is 8.07 Å². The SMILES string of the molecule is Cc1cc(C)cc([Si](c2cc(C)cc(C)c2)(c2cc(C)cc(C)c2)[C]2([Ti+3])C=CC(c3ccccc3)=C2)c1.[Cl-].[Cl-].[Cl-]. The summed E-state index contributed by atoms with van der Waals surface area (Å²) >= 11 is 2.48. The fourth-order valence-electron chi connectivity index (χ4n) is 6.40. The van der Waals surface area contributed by atoms with Crippen molar-refractivity contribution >= 4 is 29.2 Å². The average molecular weight is 638 g/mol. The molecule has 5 rings (SSSR count). The minimum Gasteiger partial charge on any atom is -1.00 e. The van der Waals surface area contributed by atoms with Gasteiger partial charge in [0.1, 0.15) is 0 Å². The molecular weight excluding hydrogens is 603 g/mol. The van der Waals surface area contributed by atoms with Crippen molar-refractivity contribution in [2.24, 2.45) is 0 Å². The van der Waals surface area contributed by atoms with Crippen LogP contribution in [0.2, 0.25) is 3.34 Å². The smallest absolute Gasteiger partial charge is 1.00 e. The van der Waals surface area contributed by atoms with E-state index in [4.69, 9.17) is 0 Å². The molecule has 1 aliphatic rings. The number of benzene rings is 4. The molecule has 204 valence electrons. The maximum atomic E-state index is 2.57. The van der Waals surface area contributed by atoms with E-state index >= 15 is 0 Å². The summed E-state index contributed by atoms with van der Waals surface area (Å²) in [5.41, 5.74) is 10.6. The quantitative estimate of drug-likeness (QED) is 0.174. The van der Waals surface area contributed by atoms with Gasteiger partial charge in [-0.2, -0.15) is 0 Å². The molecule has 1 atom stereocenters. The molecule has 0 heterocycles. The van der Waals surface area contributed by atoms with E-state index in [9.17, 15) is 0 Å². The van der Waals surface area contributed by atoms with Gasteiger partial charge in [0.2, 0.25) is 0 Å². The minimum absolute atomic E-state index is 0. The molecular formula is C35H35Cl3SiTi. The molecule has 1 aliphatic carbocycles. The molecule has 0 aromatic heterocycles. The molecule has 4 aromatic rings. The molecule has 1 unspecified atom stereocenters. The second kappa shape index (κ2) is 13.4. The standard InChI is InChI=1S/C35H35Si.3ClH.Ti/c1-24-14-25(2)18-33(17-24)36(34-19-26(3)15-27(4)20-34,35-21-28(5)16-29(6)22-35)32-13-12-31(23-32)30-10-8-7-9-11-30;;;;/h7-23H,1-6H3;3*1H;/q;;;;+3/p-3. The van der Waals surface area contributed by atoms with Gasteiger partial charge in [-0.1, -0.05) is 0 Å². The number of hydrogen-bond donors (Lipinski definition) is 0. The Morgan fingerprint density at radius 3 is 1.23 bits per heavy atom. The third-order valence-corrected chi connectivity index (χ3v) is 14.9. The van der Waals surface area contributed by atoms with E-state index in [2.05, 4.69) is 165 Å². The topological polar surface area (TPSA) is 0 Å². The molecule has 0 radical (unpaired) electrons. The summed E-state index contributed by atoms with van der Waals surface area (Å²) in [5.74, 6) is 0. The van der Waals surface area contributed by atoms with Crippen molar-refractivity contribution in [1.82, 2.24) is 0 Å². The van der Waals surface area contributed by atoms with Crippen LogP contribution in [0.1, 0.15) is 38.9 Å². The Labute approximate surface area is 272 Å². The molecule has 40 heavy (non-hydrogen) atoms. The maximum absolute atomic E-state index is 2.64. The van der Waals surface area contributed by atoms with Crippen molar-refractivity contribution in [3.05, 3.63) is 142 Å². The summed E-state index contributed by atoms with van der Waals surface area (Å²) in [4.78, 5) is 0. The predicted octanol–water partition coefficient (Wildman–Crippen LogP) is -2.08. The van der Waals surface area contributed by atoms with Gasteiger partial charge in [0, 0.05) is 0 Å². The van der Waals surface area contributed by atoms with Crippen LogP contribution in [0.15, 0.2) is 103 Å². The molecule has 0 fully saturated rings. The Balaban J connectivity index is 0.00000187. The Kier molecular flexibility index (Phi) is 11.5. The third-order valence-electron chi connectivity index (χ3n) is 7.60. The average Bonchev–Trinajstić information content (AvgIpc) is 3.21. The van der Waals surface area contributed by atoms with Gasteiger partial charge in [-0.25, -0.2) is 0 Å². The number of halogens is 3. The summed E-state index contributed by atoms with van der Waals surface area (Å²) in [6.45, 7) is 13.5. The van der Waals surface area contributed by atoms with Crippen LogP contribution >= 0.6 is 0 Å². The Hall–Kier alpha value is -1.84. The first-order valence-electron chi connectivity index (χ1n) is 13.1. The van der Waals surface area contributed by atoms with Crippen LogP contribution in [0.3, 0.4) is 0 Å². The van der Waals surface area contributed by atoms with Crippen molar-refractivity contribution in [2.45, 2.75) is 44.9 Å². The van der Waals surface area contributed by atoms with E-state index in [0.29, 0.717) is 0 Å². The molecule has 0 bridgehead atoms. The van der Waals surface area contributed by atoms with Gasteiger partial charge < -0.3 is 37.2 Å². The van der Waals surface area contributed by atoms with E-state index in [-0.39, 0.29) is 40.6 Å². The molecule has 0 spiro atoms. The zero-order chi connectivity index (χ0) is 26.4. The van der Waals surface area contributed by atoms with E-state index in [1.807, 2.05) is 0 Å². The van der Waals surface area contributed by atoms with Crippen molar-refractivity contribution in [3.63, 3.8) is 0 Å². The zero-order valence-electron chi connectivity index (χ0n) is 23.9. The van der Waals surface area contributed by atoms with Crippen LogP contribution in [0, 0.1) is 41.5 Å². The van der Waals surface area contributed by atoms with E-state index in [1.165, 1.54) is 60.1 Å². The zero-order valence-corrected chi connectivity index (χ0v) is 28.8. The first-order chi connectivity index (χ1) is 17.6. The maximum Gasteiger partial charge on any atom is -1.00 e. The first kappa shape index (κ1) is 34.4. The predicted molar refractivity (Wildman–Crippen MR) is 159 cm³/mol. The number of hydrogen-bond acceptors (Lipinski definition) is 0. The van der Waals surface area contributed by atoms with Crippen LogP contribution in [-0.4, -0.2) is 8.07 Å². The van der Waals surface area contributed by atoms with Gasteiger partial charge in [-0.3, -0.25) is 0 Å². The summed E-state index contributed by atoms with van der Waals surface area (Å²) < 4.78 is -0.154. The van der Waals surface area contributed by atoms with Gasteiger partial charge in [-0.05, 0) is 0 Å². The summed E-state index contributed by atoms with van der Waals surface area (Å²) in [7, 11) is -2.64. The van der Waals surface area contributed by atoms with Crippen LogP contribution < -0.4 is 52.8 Å². The minimum atomic E-state index is -2.64.